The van der Waals surface area contributed by atoms with Crippen molar-refractivity contribution in [1.29, 1.82) is 0 Å². The molecule has 0 spiro atoms. The van der Waals surface area contributed by atoms with E-state index in [1.807, 2.05) is 0 Å². The number of hydrogen-bond acceptors (Lipinski definition) is 2. The highest BCUT2D eigenvalue weighted by molar-refractivity contribution is 5.81. The average Bonchev–Trinajstić information content (AvgIpc) is 1.98. The van der Waals surface area contributed by atoms with Gasteiger partial charge in [0.1, 0.15) is 0 Å². The van der Waals surface area contributed by atoms with Crippen LogP contribution in [0.1, 0.15) is 33.1 Å². The largest absolute Gasteiger partial charge is 0.469 e. The first kappa shape index (κ1) is 10.8. The van der Waals surface area contributed by atoms with Gasteiger partial charge in [-0.25, -0.2) is 8.78 Å². The van der Waals surface area contributed by atoms with E-state index < -0.39 is 22.7 Å². The monoisotopic (exact) mass is 218 g/mol. The van der Waals surface area contributed by atoms with Crippen molar-refractivity contribution in [2.75, 3.05) is 7.11 Å². The second-order valence-corrected chi connectivity index (χ2v) is 5.36. The molecule has 0 aromatic carbocycles. The number of ether oxygens (including phenoxy) is 1. The van der Waals surface area contributed by atoms with Crippen molar-refractivity contribution in [2.45, 2.75) is 39.0 Å². The van der Waals surface area contributed by atoms with Crippen molar-refractivity contribution < 1.29 is 18.3 Å². The van der Waals surface area contributed by atoms with Gasteiger partial charge in [-0.15, -0.1) is 0 Å². The zero-order chi connectivity index (χ0) is 11.5. The van der Waals surface area contributed by atoms with Gasteiger partial charge in [0.05, 0.1) is 12.5 Å². The highest BCUT2D eigenvalue weighted by Gasteiger charge is 2.80. The van der Waals surface area contributed by atoms with Crippen LogP contribution in [0.5, 0.6) is 0 Å². The second-order valence-electron chi connectivity index (χ2n) is 5.36. The van der Waals surface area contributed by atoms with Gasteiger partial charge in [-0.2, -0.15) is 0 Å². The van der Waals surface area contributed by atoms with E-state index in [1.54, 1.807) is 0 Å². The number of rotatable bonds is 3. The third kappa shape index (κ3) is 1.05. The number of carbonyl (C=O) groups is 1. The number of hydrogen-bond donors (Lipinski definition) is 0. The lowest BCUT2D eigenvalue weighted by Crippen LogP contribution is -2.73. The molecule has 0 N–H and O–H groups in total. The first-order chi connectivity index (χ1) is 6.80. The van der Waals surface area contributed by atoms with Crippen molar-refractivity contribution in [2.24, 2.45) is 16.7 Å². The molecule has 3 rings (SSSR count). The molecule has 0 aliphatic heterocycles. The maximum Gasteiger partial charge on any atom is 0.311 e. The highest BCUT2D eigenvalue weighted by Crippen LogP contribution is 2.79. The molecule has 0 amide bonds. The molecule has 0 aromatic heterocycles. The van der Waals surface area contributed by atoms with Crippen LogP contribution in [0.25, 0.3) is 0 Å². The van der Waals surface area contributed by atoms with Gasteiger partial charge in [0.15, 0.2) is 0 Å². The summed E-state index contributed by atoms with van der Waals surface area (Å²) >= 11 is 0. The molecule has 15 heavy (non-hydrogen) atoms. The van der Waals surface area contributed by atoms with Crippen LogP contribution in [-0.4, -0.2) is 19.0 Å². The Kier molecular flexibility index (Phi) is 1.96. The predicted molar refractivity (Wildman–Crippen MR) is 50.5 cm³/mol. The molecule has 0 aromatic rings. The maximum absolute atomic E-state index is 13.8. The van der Waals surface area contributed by atoms with Crippen LogP contribution in [0.3, 0.4) is 0 Å². The third-order valence-electron chi connectivity index (χ3n) is 4.08. The first-order valence-corrected chi connectivity index (χ1v) is 5.26. The van der Waals surface area contributed by atoms with Crippen LogP contribution < -0.4 is 0 Å². The van der Waals surface area contributed by atoms with Gasteiger partial charge in [0.25, 0.3) is 5.92 Å². The number of esters is 1. The third-order valence-corrected chi connectivity index (χ3v) is 4.08. The molecule has 86 valence electrons. The molecule has 0 atom stereocenters. The fourth-order valence-electron chi connectivity index (χ4n) is 3.19. The van der Waals surface area contributed by atoms with E-state index in [1.165, 1.54) is 21.0 Å². The van der Waals surface area contributed by atoms with Crippen LogP contribution >= 0.6 is 0 Å². The van der Waals surface area contributed by atoms with E-state index in [9.17, 15) is 13.6 Å². The Morgan fingerprint density at radius 3 is 2.13 bits per heavy atom. The van der Waals surface area contributed by atoms with E-state index in [4.69, 9.17) is 0 Å². The van der Waals surface area contributed by atoms with Crippen molar-refractivity contribution in [3.63, 3.8) is 0 Å². The maximum atomic E-state index is 13.8. The minimum atomic E-state index is -2.65. The van der Waals surface area contributed by atoms with Gasteiger partial charge in [-0.3, -0.25) is 4.79 Å². The topological polar surface area (TPSA) is 26.3 Å². The van der Waals surface area contributed by atoms with E-state index in [2.05, 4.69) is 4.74 Å². The van der Waals surface area contributed by atoms with Gasteiger partial charge in [-0.1, -0.05) is 13.8 Å². The summed E-state index contributed by atoms with van der Waals surface area (Å²) < 4.78 is 32.2. The lowest BCUT2D eigenvalue weighted by atomic mass is 9.32. The Balaban J connectivity index is 2.07. The second kappa shape index (κ2) is 2.71. The Labute approximate surface area is 88.0 Å². The van der Waals surface area contributed by atoms with Crippen molar-refractivity contribution >= 4 is 5.97 Å². The van der Waals surface area contributed by atoms with Gasteiger partial charge in [-0.05, 0) is 19.3 Å². The normalized spacial score (nSPS) is 38.3. The molecule has 0 radical (unpaired) electrons. The average molecular weight is 218 g/mol. The summed E-state index contributed by atoms with van der Waals surface area (Å²) in [4.78, 5) is 11.3. The van der Waals surface area contributed by atoms with Crippen LogP contribution in [0.15, 0.2) is 0 Å². The number of alkyl halides is 2. The summed E-state index contributed by atoms with van der Waals surface area (Å²) in [6.45, 7) is 3.07. The fraction of sp³-hybridized carbons (Fsp3) is 0.909. The van der Waals surface area contributed by atoms with Crippen LogP contribution in [0.2, 0.25) is 0 Å². The van der Waals surface area contributed by atoms with Crippen molar-refractivity contribution in [3.05, 3.63) is 0 Å². The number of carbonyl (C=O) groups excluding carboxylic acids is 1. The van der Waals surface area contributed by atoms with Gasteiger partial charge in [0.2, 0.25) is 0 Å². The van der Waals surface area contributed by atoms with E-state index >= 15 is 0 Å². The zero-order valence-electron chi connectivity index (χ0n) is 9.27. The lowest BCUT2D eigenvalue weighted by molar-refractivity contribution is -0.321. The van der Waals surface area contributed by atoms with E-state index in [-0.39, 0.29) is 5.97 Å². The summed E-state index contributed by atoms with van der Waals surface area (Å²) in [6.07, 6.45) is 0.910. The molecule has 2 nitrogen and oxygen atoms in total. The van der Waals surface area contributed by atoms with Gasteiger partial charge >= 0.3 is 5.97 Å². The fourth-order valence-corrected chi connectivity index (χ4v) is 3.19. The molecule has 4 heteroatoms. The number of halogens is 2. The Morgan fingerprint density at radius 2 is 1.80 bits per heavy atom. The molecule has 3 saturated carbocycles. The zero-order valence-corrected chi connectivity index (χ0v) is 9.27. The summed E-state index contributed by atoms with van der Waals surface area (Å²) in [5.41, 5.74) is -1.47. The summed E-state index contributed by atoms with van der Waals surface area (Å²) in [5.74, 6) is -3.62. The van der Waals surface area contributed by atoms with E-state index in [0.717, 1.165) is 0 Å². The quantitative estimate of drug-likeness (QED) is 0.681. The van der Waals surface area contributed by atoms with Gasteiger partial charge in [0, 0.05) is 11.3 Å². The van der Waals surface area contributed by atoms with Crippen LogP contribution in [0, 0.1) is 16.7 Å². The minimum Gasteiger partial charge on any atom is -0.469 e. The Bertz CT molecular complexity index is 290. The summed E-state index contributed by atoms with van der Waals surface area (Å²) in [7, 11) is 1.32. The minimum absolute atomic E-state index is 0.303. The van der Waals surface area contributed by atoms with Crippen molar-refractivity contribution in [1.82, 2.24) is 0 Å². The Hall–Kier alpha value is -0.670. The molecule has 3 fully saturated rings. The predicted octanol–water partition coefficient (Wildman–Crippen LogP) is 2.62. The van der Waals surface area contributed by atoms with Crippen LogP contribution in [-0.2, 0) is 9.53 Å². The molecule has 0 saturated heterocycles. The smallest absolute Gasteiger partial charge is 0.311 e. The van der Waals surface area contributed by atoms with E-state index in [0.29, 0.717) is 19.3 Å². The molecule has 3 aliphatic carbocycles. The first-order valence-electron chi connectivity index (χ1n) is 5.26. The van der Waals surface area contributed by atoms with Crippen LogP contribution in [0.4, 0.5) is 8.78 Å². The standard InChI is InChI=1S/C11H16F2O2/c1-7(2)11(12,13)10-4-9(5-10,6-10)8(14)15-3/h7H,4-6H2,1-3H3. The highest BCUT2D eigenvalue weighted by atomic mass is 19.3. The van der Waals surface area contributed by atoms with Crippen molar-refractivity contribution in [3.8, 4) is 0 Å². The lowest BCUT2D eigenvalue weighted by Gasteiger charge is -2.71. The number of methoxy groups -OCH3 is 1. The molecular formula is C11H16F2O2. The summed E-state index contributed by atoms with van der Waals surface area (Å²) in [6, 6.07) is 0. The SMILES string of the molecule is COC(=O)C12CC(C(F)(F)C(C)C)(C1)C2. The summed E-state index contributed by atoms with van der Waals surface area (Å²) in [5, 5.41) is 0. The molecule has 0 heterocycles. The molecule has 0 unspecified atom stereocenters. The molecular weight excluding hydrogens is 202 g/mol. The van der Waals surface area contributed by atoms with Gasteiger partial charge < -0.3 is 4.74 Å². The Morgan fingerprint density at radius 1 is 1.33 bits per heavy atom. The molecule has 2 bridgehead atoms. The molecule has 3 aliphatic rings.